The third-order valence-corrected chi connectivity index (χ3v) is 6.03. The largest absolute Gasteiger partial charge is 0.493 e. The molecular weight excluding hydrogens is 476 g/mol. The monoisotopic (exact) mass is 516 g/mol. The summed E-state index contributed by atoms with van der Waals surface area (Å²) in [6, 6.07) is 5.78. The maximum absolute atomic E-state index is 13.9. The fourth-order valence-corrected chi connectivity index (χ4v) is 3.89. The van der Waals surface area contributed by atoms with Gasteiger partial charge in [-0.3, -0.25) is 14.4 Å². The number of hydrogen-bond acceptors (Lipinski definition) is 7. The minimum atomic E-state index is -1.04. The molecule has 0 aliphatic heterocycles. The average molecular weight is 517 g/mol. The Kier molecular flexibility index (Phi) is 9.72. The lowest BCUT2D eigenvalue weighted by atomic mass is 9.93. The summed E-state index contributed by atoms with van der Waals surface area (Å²) in [4.78, 5) is 41.6. The van der Waals surface area contributed by atoms with Gasteiger partial charge in [-0.25, -0.2) is 0 Å². The van der Waals surface area contributed by atoms with Crippen molar-refractivity contribution in [3.8, 4) is 11.5 Å². The van der Waals surface area contributed by atoms with Gasteiger partial charge in [-0.05, 0) is 54.0 Å². The van der Waals surface area contributed by atoms with Gasteiger partial charge >= 0.3 is 0 Å². The number of nitrogens with one attached hydrogen (secondary N) is 2. The smallest absolute Gasteiger partial charge is 0.248 e. The molecule has 0 bridgehead atoms. The van der Waals surface area contributed by atoms with Gasteiger partial charge in [-0.15, -0.1) is 0 Å². The van der Waals surface area contributed by atoms with Crippen molar-refractivity contribution in [2.45, 2.75) is 84.8 Å². The zero-order valence-corrected chi connectivity index (χ0v) is 23.4. The Morgan fingerprint density at radius 2 is 1.76 bits per heavy atom. The van der Waals surface area contributed by atoms with Crippen LogP contribution in [-0.4, -0.2) is 53.1 Å². The van der Waals surface area contributed by atoms with Gasteiger partial charge in [-0.2, -0.15) is 0 Å². The molecule has 0 fully saturated rings. The third-order valence-electron chi connectivity index (χ3n) is 6.03. The summed E-state index contributed by atoms with van der Waals surface area (Å²) in [6.07, 6.45) is 0.473. The Bertz CT molecular complexity index is 1100. The first-order valence-electron chi connectivity index (χ1n) is 12.3. The number of para-hydroxylation sites is 1. The van der Waals surface area contributed by atoms with E-state index in [4.69, 9.17) is 14.0 Å². The molecule has 0 spiro atoms. The van der Waals surface area contributed by atoms with Crippen LogP contribution < -0.4 is 20.1 Å². The molecule has 1 unspecified atom stereocenters. The van der Waals surface area contributed by atoms with E-state index < -0.39 is 17.1 Å². The molecule has 2 rings (SSSR count). The van der Waals surface area contributed by atoms with Crippen LogP contribution in [-0.2, 0) is 14.4 Å². The standard InChI is InChI=1S/C27H40N4O6/c1-10-27(6,7)29-25(34)23(18-12-11-13-19(35-8)24(18)36-9)31(26(3,4)5)22(33)15-14-21(32)28-20-16-17(2)37-30-20/h11-13,16,23H,10,14-15H2,1-9H3,(H,29,34)(H,28,30,32). The molecular formula is C27H40N4O6. The van der Waals surface area contributed by atoms with Crippen molar-refractivity contribution in [3.05, 3.63) is 35.6 Å². The SMILES string of the molecule is CCC(C)(C)NC(=O)C(c1cccc(OC)c1OC)N(C(=O)CCC(=O)Nc1cc(C)on1)C(C)(C)C. The topological polar surface area (TPSA) is 123 Å². The van der Waals surface area contributed by atoms with Crippen LogP contribution in [0.2, 0.25) is 0 Å². The second-order valence-corrected chi connectivity index (χ2v) is 10.5. The molecule has 204 valence electrons. The van der Waals surface area contributed by atoms with Crippen LogP contribution in [0.3, 0.4) is 0 Å². The van der Waals surface area contributed by atoms with Crippen LogP contribution in [0.5, 0.6) is 11.5 Å². The molecule has 1 aromatic heterocycles. The lowest BCUT2D eigenvalue weighted by Crippen LogP contribution is -2.55. The number of hydrogen-bond donors (Lipinski definition) is 2. The maximum Gasteiger partial charge on any atom is 0.248 e. The predicted octanol–water partition coefficient (Wildman–Crippen LogP) is 4.39. The van der Waals surface area contributed by atoms with E-state index in [1.54, 1.807) is 31.2 Å². The molecule has 1 aromatic carbocycles. The van der Waals surface area contributed by atoms with Gasteiger partial charge in [0.1, 0.15) is 11.8 Å². The average Bonchev–Trinajstić information content (AvgIpc) is 3.23. The number of anilines is 1. The van der Waals surface area contributed by atoms with E-state index in [9.17, 15) is 14.4 Å². The summed E-state index contributed by atoms with van der Waals surface area (Å²) < 4.78 is 16.1. The van der Waals surface area contributed by atoms with E-state index in [1.807, 2.05) is 41.5 Å². The molecule has 3 amide bonds. The van der Waals surface area contributed by atoms with Gasteiger partial charge in [0.15, 0.2) is 17.3 Å². The van der Waals surface area contributed by atoms with E-state index in [0.717, 1.165) is 0 Å². The molecule has 1 atom stereocenters. The summed E-state index contributed by atoms with van der Waals surface area (Å²) in [7, 11) is 3.00. The molecule has 2 N–H and O–H groups in total. The molecule has 1 heterocycles. The van der Waals surface area contributed by atoms with E-state index in [-0.39, 0.29) is 36.4 Å². The molecule has 0 saturated heterocycles. The van der Waals surface area contributed by atoms with Crippen LogP contribution in [0.4, 0.5) is 5.82 Å². The highest BCUT2D eigenvalue weighted by Crippen LogP contribution is 2.40. The number of benzene rings is 1. The van der Waals surface area contributed by atoms with Crippen molar-refractivity contribution in [1.29, 1.82) is 0 Å². The van der Waals surface area contributed by atoms with Crippen LogP contribution >= 0.6 is 0 Å². The summed E-state index contributed by atoms with van der Waals surface area (Å²) in [5.74, 6) is 0.533. The first-order chi connectivity index (χ1) is 17.2. The molecule has 10 heteroatoms. The number of methoxy groups -OCH3 is 2. The molecule has 2 aromatic rings. The first-order valence-corrected chi connectivity index (χ1v) is 12.3. The minimum Gasteiger partial charge on any atom is -0.493 e. The van der Waals surface area contributed by atoms with Crippen molar-refractivity contribution in [2.75, 3.05) is 19.5 Å². The summed E-state index contributed by atoms with van der Waals surface area (Å²) in [5, 5.41) is 9.44. The van der Waals surface area contributed by atoms with Gasteiger partial charge in [0.2, 0.25) is 17.7 Å². The Labute approximate surface area is 219 Å². The lowest BCUT2D eigenvalue weighted by Gasteiger charge is -2.42. The van der Waals surface area contributed by atoms with Crippen molar-refractivity contribution in [1.82, 2.24) is 15.4 Å². The fraction of sp³-hybridized carbons (Fsp3) is 0.556. The normalized spacial score (nSPS) is 12.5. The molecule has 0 radical (unpaired) electrons. The van der Waals surface area contributed by atoms with E-state index >= 15 is 0 Å². The number of nitrogens with zero attached hydrogens (tertiary/aromatic N) is 2. The minimum absolute atomic E-state index is 0.0959. The zero-order chi connectivity index (χ0) is 28.0. The maximum atomic E-state index is 13.9. The lowest BCUT2D eigenvalue weighted by molar-refractivity contribution is -0.148. The second-order valence-electron chi connectivity index (χ2n) is 10.5. The third kappa shape index (κ3) is 7.71. The first kappa shape index (κ1) is 29.7. The van der Waals surface area contributed by atoms with Gasteiger partial charge in [-0.1, -0.05) is 24.2 Å². The number of ether oxygens (including phenoxy) is 2. The van der Waals surface area contributed by atoms with Gasteiger partial charge in [0, 0.05) is 35.5 Å². The Balaban J connectivity index is 2.47. The van der Waals surface area contributed by atoms with Crippen LogP contribution in [0.25, 0.3) is 0 Å². The number of amides is 3. The predicted molar refractivity (Wildman–Crippen MR) is 141 cm³/mol. The van der Waals surface area contributed by atoms with Gasteiger partial charge < -0.3 is 29.5 Å². The van der Waals surface area contributed by atoms with Crippen molar-refractivity contribution in [2.24, 2.45) is 0 Å². The summed E-state index contributed by atoms with van der Waals surface area (Å²) in [6.45, 7) is 13.1. The highest BCUT2D eigenvalue weighted by molar-refractivity contribution is 5.94. The van der Waals surface area contributed by atoms with Crippen molar-refractivity contribution >= 4 is 23.5 Å². The van der Waals surface area contributed by atoms with E-state index in [1.165, 1.54) is 19.1 Å². The number of carbonyl (C=O) groups excluding carboxylic acids is 3. The number of carbonyl (C=O) groups is 3. The van der Waals surface area contributed by atoms with E-state index in [0.29, 0.717) is 29.2 Å². The quantitative estimate of drug-likeness (QED) is 0.454. The summed E-state index contributed by atoms with van der Waals surface area (Å²) >= 11 is 0. The highest BCUT2D eigenvalue weighted by Gasteiger charge is 2.41. The number of aromatic nitrogens is 1. The van der Waals surface area contributed by atoms with Crippen LogP contribution in [0.15, 0.2) is 28.8 Å². The Morgan fingerprint density at radius 3 is 2.27 bits per heavy atom. The molecule has 0 saturated carbocycles. The number of rotatable bonds is 11. The van der Waals surface area contributed by atoms with Crippen LogP contribution in [0.1, 0.15) is 78.2 Å². The molecule has 37 heavy (non-hydrogen) atoms. The second kappa shape index (κ2) is 12.1. The molecule has 10 nitrogen and oxygen atoms in total. The van der Waals surface area contributed by atoms with Gasteiger partial charge in [0.25, 0.3) is 0 Å². The summed E-state index contributed by atoms with van der Waals surface area (Å²) in [5.41, 5.74) is -0.801. The zero-order valence-electron chi connectivity index (χ0n) is 23.4. The molecule has 0 aliphatic carbocycles. The highest BCUT2D eigenvalue weighted by atomic mass is 16.5. The van der Waals surface area contributed by atoms with Crippen molar-refractivity contribution in [3.63, 3.8) is 0 Å². The Morgan fingerprint density at radius 1 is 1.08 bits per heavy atom. The Hall–Kier alpha value is -3.56. The fourth-order valence-electron chi connectivity index (χ4n) is 3.89. The van der Waals surface area contributed by atoms with E-state index in [2.05, 4.69) is 15.8 Å². The molecule has 0 aliphatic rings. The number of aryl methyl sites for hydroxylation is 1. The van der Waals surface area contributed by atoms with Gasteiger partial charge in [0.05, 0.1) is 14.2 Å². The van der Waals surface area contributed by atoms with Crippen molar-refractivity contribution < 1.29 is 28.4 Å². The van der Waals surface area contributed by atoms with Crippen LogP contribution in [0, 0.1) is 6.92 Å².